The molecule has 0 bridgehead atoms. The topological polar surface area (TPSA) is 49.6 Å². The molecule has 2 aliphatic rings. The fraction of sp³-hybridized carbons (Fsp3) is 0.588. The quantitative estimate of drug-likeness (QED) is 0.715. The molecule has 0 saturated carbocycles. The fourth-order valence-electron chi connectivity index (χ4n) is 4.03. The van der Waals surface area contributed by atoms with Gasteiger partial charge in [0.05, 0.1) is 5.39 Å². The van der Waals surface area contributed by atoms with Crippen molar-refractivity contribution in [1.29, 1.82) is 0 Å². The predicted molar refractivity (Wildman–Crippen MR) is 97.1 cm³/mol. The van der Waals surface area contributed by atoms with E-state index in [4.69, 9.17) is 4.98 Å². The van der Waals surface area contributed by atoms with E-state index in [-0.39, 0.29) is 0 Å². The van der Waals surface area contributed by atoms with Crippen LogP contribution in [0.15, 0.2) is 6.33 Å². The van der Waals surface area contributed by atoms with Crippen LogP contribution in [-0.4, -0.2) is 57.2 Å². The minimum Gasteiger partial charge on any atom is -0.338 e. The molecule has 6 nitrogen and oxygen atoms in total. The van der Waals surface area contributed by atoms with Gasteiger partial charge in [-0.1, -0.05) is 6.92 Å². The normalized spacial score (nSPS) is 19.3. The number of aryl methyl sites for hydroxylation is 2. The second kappa shape index (κ2) is 5.67. The van der Waals surface area contributed by atoms with Gasteiger partial charge >= 0.3 is 0 Å². The van der Waals surface area contributed by atoms with Crippen LogP contribution in [0.4, 0.5) is 5.95 Å². The standard InChI is InChI=1S/C17H22N6S/c1-2-21-7-9-22(10-8-21)17-20-16-14(15-18-11-19-23(15)17)12-5-3-4-6-13(12)24-16/h11H,2-10H2,1H3. The van der Waals surface area contributed by atoms with E-state index in [0.717, 1.165) is 55.6 Å². The number of rotatable bonds is 2. The molecular formula is C17H22N6S. The SMILES string of the molecule is CCN1CCN(c2nc3sc4c(c3c3ncnn23)CCCC4)CC1. The Labute approximate surface area is 145 Å². The zero-order chi connectivity index (χ0) is 16.1. The average Bonchev–Trinajstić information content (AvgIpc) is 3.24. The summed E-state index contributed by atoms with van der Waals surface area (Å²) in [4.78, 5) is 17.2. The first-order valence-electron chi connectivity index (χ1n) is 8.96. The third-order valence-electron chi connectivity index (χ3n) is 5.42. The van der Waals surface area contributed by atoms with E-state index in [1.54, 1.807) is 6.33 Å². The van der Waals surface area contributed by atoms with Crippen LogP contribution < -0.4 is 4.90 Å². The monoisotopic (exact) mass is 342 g/mol. The number of hydrogen-bond acceptors (Lipinski definition) is 6. The third-order valence-corrected chi connectivity index (χ3v) is 6.60. The lowest BCUT2D eigenvalue weighted by Crippen LogP contribution is -2.47. The van der Waals surface area contributed by atoms with Gasteiger partial charge in [-0.05, 0) is 37.8 Å². The van der Waals surface area contributed by atoms with Crippen LogP contribution in [0.5, 0.6) is 0 Å². The minimum absolute atomic E-state index is 0.962. The van der Waals surface area contributed by atoms with E-state index in [0.29, 0.717) is 0 Å². The van der Waals surface area contributed by atoms with Crippen molar-refractivity contribution in [3.8, 4) is 0 Å². The van der Waals surface area contributed by atoms with Crippen molar-refractivity contribution in [2.45, 2.75) is 32.6 Å². The van der Waals surface area contributed by atoms with Crippen LogP contribution in [0.25, 0.3) is 15.9 Å². The van der Waals surface area contributed by atoms with Gasteiger partial charge in [-0.2, -0.15) is 9.61 Å². The van der Waals surface area contributed by atoms with Crippen molar-refractivity contribution in [3.05, 3.63) is 16.8 Å². The number of piperazine rings is 1. The number of anilines is 1. The first-order chi connectivity index (χ1) is 11.8. The highest BCUT2D eigenvalue weighted by atomic mass is 32.1. The summed E-state index contributed by atoms with van der Waals surface area (Å²) >= 11 is 1.87. The first kappa shape index (κ1) is 14.6. The fourth-order valence-corrected chi connectivity index (χ4v) is 5.28. The lowest BCUT2D eigenvalue weighted by atomic mass is 9.97. The Kier molecular flexibility index (Phi) is 3.45. The van der Waals surface area contributed by atoms with Crippen LogP contribution in [0.2, 0.25) is 0 Å². The van der Waals surface area contributed by atoms with E-state index < -0.39 is 0 Å². The van der Waals surface area contributed by atoms with Crippen molar-refractivity contribution >= 4 is 33.1 Å². The van der Waals surface area contributed by atoms with E-state index >= 15 is 0 Å². The summed E-state index contributed by atoms with van der Waals surface area (Å²) in [6.07, 6.45) is 6.61. The van der Waals surface area contributed by atoms with Crippen LogP contribution >= 0.6 is 11.3 Å². The van der Waals surface area contributed by atoms with Gasteiger partial charge in [0, 0.05) is 31.1 Å². The summed E-state index contributed by atoms with van der Waals surface area (Å²) < 4.78 is 1.96. The molecule has 0 aromatic carbocycles. The lowest BCUT2D eigenvalue weighted by molar-refractivity contribution is 0.269. The smallest absolute Gasteiger partial charge is 0.230 e. The Morgan fingerprint density at radius 1 is 1.12 bits per heavy atom. The second-order valence-electron chi connectivity index (χ2n) is 6.72. The summed E-state index contributed by atoms with van der Waals surface area (Å²) in [6.45, 7) is 7.54. The largest absolute Gasteiger partial charge is 0.338 e. The van der Waals surface area contributed by atoms with Gasteiger partial charge in [0.25, 0.3) is 0 Å². The Hall–Kier alpha value is -1.73. The molecule has 3 aromatic rings. The van der Waals surface area contributed by atoms with Gasteiger partial charge in [-0.25, -0.2) is 9.97 Å². The van der Waals surface area contributed by atoms with Crippen molar-refractivity contribution < 1.29 is 0 Å². The van der Waals surface area contributed by atoms with Gasteiger partial charge in [0.15, 0.2) is 5.65 Å². The Balaban J connectivity index is 1.65. The number of aromatic nitrogens is 4. The molecule has 4 heterocycles. The maximum absolute atomic E-state index is 5.04. The molecule has 3 aromatic heterocycles. The number of thiophene rings is 1. The molecule has 1 saturated heterocycles. The Morgan fingerprint density at radius 3 is 2.79 bits per heavy atom. The summed E-state index contributed by atoms with van der Waals surface area (Å²) in [5.41, 5.74) is 2.47. The molecule has 0 atom stereocenters. The minimum atomic E-state index is 0.962. The van der Waals surface area contributed by atoms with Gasteiger partial charge < -0.3 is 9.80 Å². The molecule has 5 rings (SSSR count). The molecule has 1 aliphatic carbocycles. The first-order valence-corrected chi connectivity index (χ1v) is 9.78. The van der Waals surface area contributed by atoms with Crippen molar-refractivity contribution in [2.24, 2.45) is 0 Å². The average molecular weight is 342 g/mol. The molecule has 126 valence electrons. The van der Waals surface area contributed by atoms with E-state index in [2.05, 4.69) is 26.8 Å². The van der Waals surface area contributed by atoms with Gasteiger partial charge in [0.2, 0.25) is 5.95 Å². The van der Waals surface area contributed by atoms with Gasteiger partial charge in [-0.15, -0.1) is 11.3 Å². The highest BCUT2D eigenvalue weighted by Gasteiger charge is 2.25. The number of hydrogen-bond donors (Lipinski definition) is 0. The molecular weight excluding hydrogens is 320 g/mol. The summed E-state index contributed by atoms with van der Waals surface area (Å²) in [7, 11) is 0. The van der Waals surface area contributed by atoms with Gasteiger partial charge in [-0.3, -0.25) is 0 Å². The number of nitrogens with zero attached hydrogens (tertiary/aromatic N) is 6. The van der Waals surface area contributed by atoms with Crippen LogP contribution in [0.3, 0.4) is 0 Å². The highest BCUT2D eigenvalue weighted by Crippen LogP contribution is 2.38. The molecule has 0 unspecified atom stereocenters. The number of fused-ring (bicyclic) bond motifs is 5. The van der Waals surface area contributed by atoms with Crippen molar-refractivity contribution in [1.82, 2.24) is 24.5 Å². The van der Waals surface area contributed by atoms with E-state index in [1.807, 2.05) is 15.9 Å². The predicted octanol–water partition coefficient (Wildman–Crippen LogP) is 2.36. The van der Waals surface area contributed by atoms with Crippen LogP contribution in [0, 0.1) is 0 Å². The molecule has 0 amide bonds. The Bertz CT molecular complexity index is 889. The van der Waals surface area contributed by atoms with Crippen molar-refractivity contribution in [3.63, 3.8) is 0 Å². The summed E-state index contributed by atoms with van der Waals surface area (Å²) in [5.74, 6) is 0.962. The van der Waals surface area contributed by atoms with Crippen LogP contribution in [0.1, 0.15) is 30.2 Å². The highest BCUT2D eigenvalue weighted by molar-refractivity contribution is 7.19. The molecule has 7 heteroatoms. The summed E-state index contributed by atoms with van der Waals surface area (Å²) in [5, 5.41) is 5.76. The van der Waals surface area contributed by atoms with Gasteiger partial charge in [0.1, 0.15) is 11.2 Å². The maximum Gasteiger partial charge on any atom is 0.230 e. The Morgan fingerprint density at radius 2 is 1.96 bits per heavy atom. The molecule has 24 heavy (non-hydrogen) atoms. The molecule has 0 radical (unpaired) electrons. The molecule has 1 fully saturated rings. The molecule has 1 aliphatic heterocycles. The molecule has 0 N–H and O–H groups in total. The molecule has 0 spiro atoms. The van der Waals surface area contributed by atoms with E-state index in [9.17, 15) is 0 Å². The van der Waals surface area contributed by atoms with E-state index in [1.165, 1.54) is 35.1 Å². The number of likely N-dealkylation sites (N-methyl/N-ethyl adjacent to an activating group) is 1. The lowest BCUT2D eigenvalue weighted by Gasteiger charge is -2.34. The zero-order valence-corrected chi connectivity index (χ0v) is 14.8. The van der Waals surface area contributed by atoms with Crippen molar-refractivity contribution in [2.75, 3.05) is 37.6 Å². The van der Waals surface area contributed by atoms with Crippen LogP contribution in [-0.2, 0) is 12.8 Å². The second-order valence-corrected chi connectivity index (χ2v) is 7.80. The third kappa shape index (κ3) is 2.14. The summed E-state index contributed by atoms with van der Waals surface area (Å²) in [6, 6.07) is 0. The maximum atomic E-state index is 5.04. The zero-order valence-electron chi connectivity index (χ0n) is 14.0.